The lowest BCUT2D eigenvalue weighted by molar-refractivity contribution is 0.296. The van der Waals surface area contributed by atoms with Crippen molar-refractivity contribution in [2.24, 2.45) is 0 Å². The molecule has 4 aromatic rings. The molecule has 0 atom stereocenters. The molecule has 0 radical (unpaired) electrons. The molecule has 0 spiro atoms. The van der Waals surface area contributed by atoms with Crippen LogP contribution in [0.2, 0.25) is 0 Å². The third-order valence-electron chi connectivity index (χ3n) is 5.52. The van der Waals surface area contributed by atoms with Crippen LogP contribution in [0.5, 0.6) is 5.75 Å². The molecule has 0 N–H and O–H groups in total. The van der Waals surface area contributed by atoms with Crippen LogP contribution >= 0.6 is 0 Å². The van der Waals surface area contributed by atoms with Gasteiger partial charge >= 0.3 is 0 Å². The van der Waals surface area contributed by atoms with E-state index in [-0.39, 0.29) is 5.82 Å². The van der Waals surface area contributed by atoms with Crippen molar-refractivity contribution in [3.8, 4) is 17.0 Å². The lowest BCUT2D eigenvalue weighted by atomic mass is 10.1. The summed E-state index contributed by atoms with van der Waals surface area (Å²) < 4.78 is 20.7. The second kappa shape index (κ2) is 9.71. The van der Waals surface area contributed by atoms with Gasteiger partial charge in [0.2, 0.25) is 0 Å². The Morgan fingerprint density at radius 3 is 2.32 bits per heavy atom. The molecule has 1 aromatic heterocycles. The molecule has 0 amide bonds. The SMILES string of the molecule is CCN(CC)Cc1ccc2nc(-c3ccccc3F)cc(OCc3ccccc3)c2c1. The van der Waals surface area contributed by atoms with Gasteiger partial charge in [0.05, 0.1) is 11.2 Å². The molecule has 158 valence electrons. The van der Waals surface area contributed by atoms with Crippen LogP contribution in [0.15, 0.2) is 78.9 Å². The second-order valence-electron chi connectivity index (χ2n) is 7.57. The van der Waals surface area contributed by atoms with Gasteiger partial charge in [0, 0.05) is 23.6 Å². The molecule has 0 saturated carbocycles. The van der Waals surface area contributed by atoms with Crippen LogP contribution in [0, 0.1) is 5.82 Å². The van der Waals surface area contributed by atoms with Gasteiger partial charge in [-0.3, -0.25) is 4.90 Å². The van der Waals surface area contributed by atoms with Crippen molar-refractivity contribution < 1.29 is 9.13 Å². The van der Waals surface area contributed by atoms with E-state index in [2.05, 4.69) is 30.9 Å². The zero-order valence-corrected chi connectivity index (χ0v) is 18.0. The number of fused-ring (bicyclic) bond motifs is 1. The minimum Gasteiger partial charge on any atom is -0.488 e. The Hall–Kier alpha value is -3.24. The molecular formula is C27H27FN2O. The van der Waals surface area contributed by atoms with Gasteiger partial charge in [-0.05, 0) is 48.5 Å². The summed E-state index contributed by atoms with van der Waals surface area (Å²) in [5.74, 6) is 0.426. The van der Waals surface area contributed by atoms with E-state index < -0.39 is 0 Å². The topological polar surface area (TPSA) is 25.4 Å². The minimum absolute atomic E-state index is 0.290. The number of nitrogens with zero attached hydrogens (tertiary/aromatic N) is 2. The summed E-state index contributed by atoms with van der Waals surface area (Å²) in [6.45, 7) is 7.64. The standard InChI is InChI=1S/C27H27FN2O/c1-3-30(4-2)18-21-14-15-25-23(16-21)27(31-19-20-10-6-5-7-11-20)17-26(29-25)22-12-8-9-13-24(22)28/h5-17H,3-4,18-19H2,1-2H3. The molecule has 4 rings (SSSR count). The first-order chi connectivity index (χ1) is 15.2. The lowest BCUT2D eigenvalue weighted by Gasteiger charge is -2.19. The molecule has 3 aromatic carbocycles. The Morgan fingerprint density at radius 1 is 0.839 bits per heavy atom. The van der Waals surface area contributed by atoms with Crippen molar-refractivity contribution in [2.75, 3.05) is 13.1 Å². The van der Waals surface area contributed by atoms with E-state index in [9.17, 15) is 4.39 Å². The van der Waals surface area contributed by atoms with Crippen LogP contribution in [0.25, 0.3) is 22.2 Å². The molecule has 4 heteroatoms. The highest BCUT2D eigenvalue weighted by Gasteiger charge is 2.13. The highest BCUT2D eigenvalue weighted by atomic mass is 19.1. The fourth-order valence-electron chi connectivity index (χ4n) is 3.71. The molecule has 0 bridgehead atoms. The Morgan fingerprint density at radius 2 is 1.58 bits per heavy atom. The van der Waals surface area contributed by atoms with Crippen LogP contribution in [-0.4, -0.2) is 23.0 Å². The normalized spacial score (nSPS) is 11.2. The maximum atomic E-state index is 14.5. The van der Waals surface area contributed by atoms with E-state index in [0.717, 1.165) is 36.1 Å². The van der Waals surface area contributed by atoms with Gasteiger partial charge in [-0.1, -0.05) is 62.4 Å². The number of hydrogen-bond acceptors (Lipinski definition) is 3. The molecule has 0 unspecified atom stereocenters. The van der Waals surface area contributed by atoms with Gasteiger partial charge in [-0.2, -0.15) is 0 Å². The van der Waals surface area contributed by atoms with Gasteiger partial charge in [0.1, 0.15) is 18.2 Å². The van der Waals surface area contributed by atoms with Gasteiger partial charge in [0.15, 0.2) is 0 Å². The Bertz CT molecular complexity index is 1160. The largest absolute Gasteiger partial charge is 0.488 e. The van der Waals surface area contributed by atoms with Crippen LogP contribution in [0.3, 0.4) is 0 Å². The van der Waals surface area contributed by atoms with E-state index in [1.165, 1.54) is 11.6 Å². The van der Waals surface area contributed by atoms with E-state index >= 15 is 0 Å². The number of aromatic nitrogens is 1. The number of hydrogen-bond donors (Lipinski definition) is 0. The third kappa shape index (κ3) is 4.92. The van der Waals surface area contributed by atoms with Crippen LogP contribution in [0.1, 0.15) is 25.0 Å². The lowest BCUT2D eigenvalue weighted by Crippen LogP contribution is -2.22. The zero-order valence-electron chi connectivity index (χ0n) is 18.0. The first kappa shape index (κ1) is 21.0. The number of benzene rings is 3. The number of ether oxygens (including phenoxy) is 1. The van der Waals surface area contributed by atoms with E-state index in [1.807, 2.05) is 48.5 Å². The molecule has 3 nitrogen and oxygen atoms in total. The summed E-state index contributed by atoms with van der Waals surface area (Å²) >= 11 is 0. The summed E-state index contributed by atoms with van der Waals surface area (Å²) in [4.78, 5) is 7.12. The van der Waals surface area contributed by atoms with E-state index in [0.29, 0.717) is 23.6 Å². The number of halogens is 1. The van der Waals surface area contributed by atoms with Crippen molar-refractivity contribution in [2.45, 2.75) is 27.0 Å². The first-order valence-electron chi connectivity index (χ1n) is 10.8. The van der Waals surface area contributed by atoms with Crippen molar-refractivity contribution in [3.05, 3.63) is 95.8 Å². The Labute approximate surface area is 183 Å². The highest BCUT2D eigenvalue weighted by Crippen LogP contribution is 2.32. The fraction of sp³-hybridized carbons (Fsp3) is 0.222. The van der Waals surface area contributed by atoms with Gasteiger partial charge in [0.25, 0.3) is 0 Å². The summed E-state index contributed by atoms with van der Waals surface area (Å²) in [5.41, 5.74) is 4.14. The summed E-state index contributed by atoms with van der Waals surface area (Å²) in [6, 6.07) is 24.9. The molecule has 0 aliphatic heterocycles. The molecule has 31 heavy (non-hydrogen) atoms. The second-order valence-corrected chi connectivity index (χ2v) is 7.57. The maximum absolute atomic E-state index is 14.5. The molecule has 0 fully saturated rings. The van der Waals surface area contributed by atoms with Crippen molar-refractivity contribution >= 4 is 10.9 Å². The molecule has 0 saturated heterocycles. The van der Waals surface area contributed by atoms with Crippen LogP contribution in [0.4, 0.5) is 4.39 Å². The predicted octanol–water partition coefficient (Wildman–Crippen LogP) is 6.46. The van der Waals surface area contributed by atoms with Crippen molar-refractivity contribution in [1.29, 1.82) is 0 Å². The van der Waals surface area contributed by atoms with Crippen molar-refractivity contribution in [1.82, 2.24) is 9.88 Å². The van der Waals surface area contributed by atoms with Crippen molar-refractivity contribution in [3.63, 3.8) is 0 Å². The summed E-state index contributed by atoms with van der Waals surface area (Å²) in [6.07, 6.45) is 0. The molecular weight excluding hydrogens is 387 g/mol. The van der Waals surface area contributed by atoms with Gasteiger partial charge < -0.3 is 4.74 Å². The fourth-order valence-corrected chi connectivity index (χ4v) is 3.71. The summed E-state index contributed by atoms with van der Waals surface area (Å²) in [7, 11) is 0. The monoisotopic (exact) mass is 414 g/mol. The molecule has 0 aliphatic carbocycles. The minimum atomic E-state index is -0.290. The molecule has 0 aliphatic rings. The van der Waals surface area contributed by atoms with Crippen LogP contribution < -0.4 is 4.74 Å². The Balaban J connectivity index is 1.77. The first-order valence-corrected chi connectivity index (χ1v) is 10.8. The quantitative estimate of drug-likeness (QED) is 0.331. The smallest absolute Gasteiger partial charge is 0.132 e. The maximum Gasteiger partial charge on any atom is 0.132 e. The van der Waals surface area contributed by atoms with Gasteiger partial charge in [-0.25, -0.2) is 9.37 Å². The number of pyridine rings is 1. The van der Waals surface area contributed by atoms with E-state index in [1.54, 1.807) is 12.1 Å². The highest BCUT2D eigenvalue weighted by molar-refractivity contribution is 5.88. The number of rotatable bonds is 8. The third-order valence-corrected chi connectivity index (χ3v) is 5.52. The van der Waals surface area contributed by atoms with Crippen LogP contribution in [-0.2, 0) is 13.2 Å². The predicted molar refractivity (Wildman–Crippen MR) is 125 cm³/mol. The zero-order chi connectivity index (χ0) is 21.6. The molecule has 1 heterocycles. The summed E-state index contributed by atoms with van der Waals surface area (Å²) in [5, 5.41) is 0.945. The van der Waals surface area contributed by atoms with E-state index in [4.69, 9.17) is 9.72 Å². The van der Waals surface area contributed by atoms with Gasteiger partial charge in [-0.15, -0.1) is 0 Å². The Kier molecular flexibility index (Phi) is 6.58. The average molecular weight is 415 g/mol. The average Bonchev–Trinajstić information content (AvgIpc) is 2.82.